The van der Waals surface area contributed by atoms with Crippen LogP contribution in [0.2, 0.25) is 0 Å². The van der Waals surface area contributed by atoms with Crippen LogP contribution in [0.5, 0.6) is 0 Å². The van der Waals surface area contributed by atoms with Crippen LogP contribution in [0.3, 0.4) is 0 Å². The smallest absolute Gasteiger partial charge is 0.238 e. The summed E-state index contributed by atoms with van der Waals surface area (Å²) in [5.74, 6) is 0.0578. The molecule has 1 rings (SSSR count). The van der Waals surface area contributed by atoms with Crippen molar-refractivity contribution in [2.45, 2.75) is 27.7 Å². The van der Waals surface area contributed by atoms with Gasteiger partial charge in [0, 0.05) is 5.69 Å². The van der Waals surface area contributed by atoms with E-state index < -0.39 is 0 Å². The number of hydrogen-bond acceptors (Lipinski definition) is 2. The third-order valence-electron chi connectivity index (χ3n) is 3.14. The molecule has 18 heavy (non-hydrogen) atoms. The van der Waals surface area contributed by atoms with Gasteiger partial charge in [-0.1, -0.05) is 26.0 Å². The van der Waals surface area contributed by atoms with Crippen LogP contribution >= 0.6 is 12.4 Å². The van der Waals surface area contributed by atoms with Gasteiger partial charge in [0.1, 0.15) is 0 Å². The highest BCUT2D eigenvalue weighted by Gasteiger charge is 2.09. The number of benzene rings is 1. The van der Waals surface area contributed by atoms with Crippen molar-refractivity contribution in [3.05, 3.63) is 29.3 Å². The van der Waals surface area contributed by atoms with Crippen LogP contribution in [0.15, 0.2) is 18.2 Å². The van der Waals surface area contributed by atoms with E-state index in [9.17, 15) is 4.79 Å². The Morgan fingerprint density at radius 2 is 1.83 bits per heavy atom. The maximum Gasteiger partial charge on any atom is 0.238 e. The first kappa shape index (κ1) is 16.9. The molecule has 0 atom stereocenters. The number of nitrogens with one attached hydrogen (secondary N) is 1. The summed E-state index contributed by atoms with van der Waals surface area (Å²) >= 11 is 0. The summed E-state index contributed by atoms with van der Waals surface area (Å²) < 4.78 is 0. The summed E-state index contributed by atoms with van der Waals surface area (Å²) in [7, 11) is 0. The third kappa shape index (κ3) is 4.67. The van der Waals surface area contributed by atoms with Gasteiger partial charge in [0.25, 0.3) is 0 Å². The van der Waals surface area contributed by atoms with Gasteiger partial charge in [0.2, 0.25) is 5.91 Å². The molecule has 0 radical (unpaired) electrons. The average molecular weight is 271 g/mol. The Morgan fingerprint density at radius 1 is 1.22 bits per heavy atom. The van der Waals surface area contributed by atoms with Crippen molar-refractivity contribution < 1.29 is 4.79 Å². The van der Waals surface area contributed by atoms with E-state index in [4.69, 9.17) is 0 Å². The van der Waals surface area contributed by atoms with E-state index in [0.29, 0.717) is 6.54 Å². The largest absolute Gasteiger partial charge is 0.325 e. The van der Waals surface area contributed by atoms with E-state index in [1.807, 2.05) is 19.1 Å². The van der Waals surface area contributed by atoms with E-state index in [2.05, 4.69) is 37.1 Å². The molecule has 0 aromatic heterocycles. The van der Waals surface area contributed by atoms with Crippen LogP contribution in [0.1, 0.15) is 25.0 Å². The van der Waals surface area contributed by atoms with Crippen molar-refractivity contribution in [3.8, 4) is 0 Å². The Kier molecular flexibility index (Phi) is 7.64. The molecule has 0 fully saturated rings. The van der Waals surface area contributed by atoms with E-state index in [1.54, 1.807) is 0 Å². The summed E-state index contributed by atoms with van der Waals surface area (Å²) in [5, 5.41) is 2.97. The molecule has 1 aromatic rings. The van der Waals surface area contributed by atoms with Crippen molar-refractivity contribution in [1.82, 2.24) is 4.90 Å². The second kappa shape index (κ2) is 8.11. The lowest BCUT2D eigenvalue weighted by Crippen LogP contribution is -2.33. The molecule has 0 unspecified atom stereocenters. The van der Waals surface area contributed by atoms with Gasteiger partial charge in [-0.25, -0.2) is 0 Å². The SMILES string of the molecule is CCN(CC)CC(=O)Nc1cccc(C)c1C.Cl. The number of anilines is 1. The summed E-state index contributed by atoms with van der Waals surface area (Å²) in [6.45, 7) is 10.5. The van der Waals surface area contributed by atoms with Gasteiger partial charge in [-0.15, -0.1) is 12.4 Å². The summed E-state index contributed by atoms with van der Waals surface area (Å²) in [6.07, 6.45) is 0. The molecule has 0 aliphatic carbocycles. The van der Waals surface area contributed by atoms with Gasteiger partial charge in [-0.2, -0.15) is 0 Å². The molecule has 1 N–H and O–H groups in total. The van der Waals surface area contributed by atoms with Crippen LogP contribution in [-0.4, -0.2) is 30.4 Å². The predicted octanol–water partition coefficient (Wildman–Crippen LogP) is 3.01. The Bertz CT molecular complexity index is 389. The fraction of sp³-hybridized carbons (Fsp3) is 0.500. The predicted molar refractivity (Wildman–Crippen MR) is 79.6 cm³/mol. The zero-order valence-corrected chi connectivity index (χ0v) is 12.4. The zero-order valence-electron chi connectivity index (χ0n) is 11.6. The number of carbonyl (C=O) groups excluding carboxylic acids is 1. The summed E-state index contributed by atoms with van der Waals surface area (Å²) in [6, 6.07) is 5.97. The highest BCUT2D eigenvalue weighted by molar-refractivity contribution is 5.93. The maximum atomic E-state index is 11.9. The number of rotatable bonds is 5. The van der Waals surface area contributed by atoms with Crippen LogP contribution in [0.25, 0.3) is 0 Å². The fourth-order valence-corrected chi connectivity index (χ4v) is 1.73. The van der Waals surface area contributed by atoms with Crippen LogP contribution < -0.4 is 5.32 Å². The lowest BCUT2D eigenvalue weighted by atomic mass is 10.1. The third-order valence-corrected chi connectivity index (χ3v) is 3.14. The molecule has 0 aliphatic heterocycles. The zero-order chi connectivity index (χ0) is 12.8. The lowest BCUT2D eigenvalue weighted by molar-refractivity contribution is -0.117. The number of aryl methyl sites for hydroxylation is 1. The van der Waals surface area contributed by atoms with Gasteiger partial charge in [0.15, 0.2) is 0 Å². The molecule has 0 aliphatic rings. The number of carbonyl (C=O) groups is 1. The van der Waals surface area contributed by atoms with Crippen molar-refractivity contribution in [1.29, 1.82) is 0 Å². The number of halogens is 1. The summed E-state index contributed by atoms with van der Waals surface area (Å²) in [5.41, 5.74) is 3.26. The molecule has 1 aromatic carbocycles. The highest BCUT2D eigenvalue weighted by Crippen LogP contribution is 2.17. The van der Waals surface area contributed by atoms with Gasteiger partial charge in [-0.05, 0) is 44.1 Å². The molecular weight excluding hydrogens is 248 g/mol. The minimum Gasteiger partial charge on any atom is -0.325 e. The lowest BCUT2D eigenvalue weighted by Gasteiger charge is -2.18. The fourth-order valence-electron chi connectivity index (χ4n) is 1.73. The van der Waals surface area contributed by atoms with E-state index in [1.165, 1.54) is 5.56 Å². The number of hydrogen-bond donors (Lipinski definition) is 1. The highest BCUT2D eigenvalue weighted by atomic mass is 35.5. The summed E-state index contributed by atoms with van der Waals surface area (Å²) in [4.78, 5) is 13.9. The van der Waals surface area contributed by atoms with Crippen molar-refractivity contribution in [3.63, 3.8) is 0 Å². The van der Waals surface area contributed by atoms with Gasteiger partial charge in [0.05, 0.1) is 6.54 Å². The van der Waals surface area contributed by atoms with Crippen molar-refractivity contribution >= 4 is 24.0 Å². The molecule has 0 heterocycles. The second-order valence-electron chi connectivity index (χ2n) is 4.26. The molecule has 3 nitrogen and oxygen atoms in total. The van der Waals surface area contributed by atoms with Crippen molar-refractivity contribution in [2.75, 3.05) is 25.0 Å². The van der Waals surface area contributed by atoms with E-state index >= 15 is 0 Å². The van der Waals surface area contributed by atoms with Gasteiger partial charge >= 0.3 is 0 Å². The van der Waals surface area contributed by atoms with Gasteiger partial charge in [-0.3, -0.25) is 9.69 Å². The molecule has 102 valence electrons. The molecule has 1 amide bonds. The molecule has 0 saturated carbocycles. The van der Waals surface area contributed by atoms with Crippen molar-refractivity contribution in [2.24, 2.45) is 0 Å². The topological polar surface area (TPSA) is 32.3 Å². The first-order valence-corrected chi connectivity index (χ1v) is 6.16. The minimum atomic E-state index is 0. The number of amides is 1. The van der Waals surface area contributed by atoms with E-state index in [0.717, 1.165) is 24.3 Å². The molecule has 0 saturated heterocycles. The maximum absolute atomic E-state index is 11.9. The first-order chi connectivity index (χ1) is 8.08. The monoisotopic (exact) mass is 270 g/mol. The normalized spacial score (nSPS) is 10.1. The molecule has 4 heteroatoms. The first-order valence-electron chi connectivity index (χ1n) is 6.16. The minimum absolute atomic E-state index is 0. The number of likely N-dealkylation sites (N-methyl/N-ethyl adjacent to an activating group) is 1. The van der Waals surface area contributed by atoms with E-state index in [-0.39, 0.29) is 18.3 Å². The Morgan fingerprint density at radius 3 is 2.39 bits per heavy atom. The molecular formula is C14H23ClN2O. The standard InChI is InChI=1S/C14H22N2O.ClH/c1-5-16(6-2)10-14(17)15-13-9-7-8-11(3)12(13)4;/h7-9H,5-6,10H2,1-4H3,(H,15,17);1H. The Labute approximate surface area is 116 Å². The second-order valence-corrected chi connectivity index (χ2v) is 4.26. The van der Waals surface area contributed by atoms with Crippen LogP contribution in [-0.2, 0) is 4.79 Å². The Balaban J connectivity index is 0.00000289. The van der Waals surface area contributed by atoms with Gasteiger partial charge < -0.3 is 5.32 Å². The molecule has 0 bridgehead atoms. The average Bonchev–Trinajstić information content (AvgIpc) is 2.32. The van der Waals surface area contributed by atoms with Crippen LogP contribution in [0, 0.1) is 13.8 Å². The molecule has 0 spiro atoms. The van der Waals surface area contributed by atoms with Crippen LogP contribution in [0.4, 0.5) is 5.69 Å². The number of nitrogens with zero attached hydrogens (tertiary/aromatic N) is 1. The quantitative estimate of drug-likeness (QED) is 0.892. The Hall–Kier alpha value is -1.06.